The summed E-state index contributed by atoms with van der Waals surface area (Å²) in [7, 11) is 1.49. The summed E-state index contributed by atoms with van der Waals surface area (Å²) in [5, 5.41) is 10.9. The van der Waals surface area contributed by atoms with Crippen molar-refractivity contribution in [2.75, 3.05) is 18.5 Å². The first-order valence-electron chi connectivity index (χ1n) is 11.4. The fourth-order valence-corrected chi connectivity index (χ4v) is 4.50. The van der Waals surface area contributed by atoms with Crippen LogP contribution < -0.4 is 9.64 Å². The number of hydrogen-bond donors (Lipinski definition) is 1. The molecule has 1 aliphatic carbocycles. The molecule has 2 aromatic carbocycles. The van der Waals surface area contributed by atoms with Crippen molar-refractivity contribution in [3.05, 3.63) is 64.2 Å². The third kappa shape index (κ3) is 5.20. The predicted octanol–water partition coefficient (Wildman–Crippen LogP) is 4.10. The SMILES string of the molecule is Cc1c(C(O)=C2C(=O)CCCC2=O)ccc2c1C(=O)N(Cc1ccc(OC(F)(F)F)cc1)CC(=O)N2C. The van der Waals surface area contributed by atoms with Crippen molar-refractivity contribution >= 4 is 34.8 Å². The number of ether oxygens (including phenoxy) is 1. The third-order valence-corrected chi connectivity index (χ3v) is 6.39. The summed E-state index contributed by atoms with van der Waals surface area (Å²) in [5.41, 5.74) is 0.954. The van der Waals surface area contributed by atoms with Crippen molar-refractivity contribution in [2.45, 2.75) is 39.1 Å². The predicted molar refractivity (Wildman–Crippen MR) is 126 cm³/mol. The maximum absolute atomic E-state index is 13.6. The molecule has 2 aromatic rings. The summed E-state index contributed by atoms with van der Waals surface area (Å²) >= 11 is 0. The highest BCUT2D eigenvalue weighted by Crippen LogP contribution is 2.35. The third-order valence-electron chi connectivity index (χ3n) is 6.39. The first-order chi connectivity index (χ1) is 17.4. The Labute approximate surface area is 209 Å². The van der Waals surface area contributed by atoms with Crippen LogP contribution in [0.5, 0.6) is 5.75 Å². The van der Waals surface area contributed by atoms with E-state index in [-0.39, 0.29) is 53.9 Å². The highest BCUT2D eigenvalue weighted by Gasteiger charge is 2.34. The van der Waals surface area contributed by atoms with Gasteiger partial charge in [-0.15, -0.1) is 13.2 Å². The van der Waals surface area contributed by atoms with Crippen molar-refractivity contribution in [1.29, 1.82) is 0 Å². The lowest BCUT2D eigenvalue weighted by molar-refractivity contribution is -0.274. The molecule has 0 spiro atoms. The Morgan fingerprint density at radius 2 is 1.62 bits per heavy atom. The van der Waals surface area contributed by atoms with Crippen molar-refractivity contribution in [1.82, 2.24) is 4.90 Å². The first kappa shape index (κ1) is 25.9. The van der Waals surface area contributed by atoms with E-state index in [1.165, 1.54) is 41.1 Å². The number of aliphatic hydroxyl groups excluding tert-OH is 1. The van der Waals surface area contributed by atoms with Crippen LogP contribution in [0.1, 0.15) is 46.3 Å². The zero-order valence-corrected chi connectivity index (χ0v) is 20.0. The number of rotatable bonds is 4. The summed E-state index contributed by atoms with van der Waals surface area (Å²) in [5.74, 6) is -2.83. The lowest BCUT2D eigenvalue weighted by atomic mass is 9.88. The molecule has 1 saturated carbocycles. The normalized spacial score (nSPS) is 16.6. The Hall–Kier alpha value is -4.15. The van der Waals surface area contributed by atoms with Crippen LogP contribution in [-0.4, -0.2) is 53.3 Å². The van der Waals surface area contributed by atoms with Crippen LogP contribution in [-0.2, 0) is 20.9 Å². The van der Waals surface area contributed by atoms with E-state index >= 15 is 0 Å². The van der Waals surface area contributed by atoms with E-state index in [0.717, 1.165) is 12.1 Å². The molecule has 2 aliphatic rings. The average molecular weight is 516 g/mol. The minimum atomic E-state index is -4.84. The molecule has 4 rings (SSSR count). The Bertz CT molecular complexity index is 1310. The molecule has 37 heavy (non-hydrogen) atoms. The van der Waals surface area contributed by atoms with Gasteiger partial charge in [0.1, 0.15) is 23.6 Å². The van der Waals surface area contributed by atoms with Gasteiger partial charge in [0.25, 0.3) is 5.91 Å². The quantitative estimate of drug-likeness (QED) is 0.373. The molecule has 0 atom stereocenters. The van der Waals surface area contributed by atoms with E-state index in [2.05, 4.69) is 4.74 Å². The van der Waals surface area contributed by atoms with Gasteiger partial charge < -0.3 is 19.6 Å². The van der Waals surface area contributed by atoms with Crippen LogP contribution in [0.3, 0.4) is 0 Å². The van der Waals surface area contributed by atoms with E-state index in [1.807, 2.05) is 0 Å². The number of aliphatic hydroxyl groups is 1. The van der Waals surface area contributed by atoms with Crippen LogP contribution in [0, 0.1) is 6.92 Å². The Balaban J connectivity index is 1.72. The Morgan fingerprint density at radius 3 is 2.22 bits per heavy atom. The highest BCUT2D eigenvalue weighted by atomic mass is 19.4. The number of anilines is 1. The number of benzene rings is 2. The molecule has 0 radical (unpaired) electrons. The number of hydrogen-bond acceptors (Lipinski definition) is 6. The zero-order valence-electron chi connectivity index (χ0n) is 20.0. The van der Waals surface area contributed by atoms with E-state index < -0.39 is 41.3 Å². The second kappa shape index (κ2) is 9.72. The number of ketones is 2. The molecule has 8 nitrogen and oxygen atoms in total. The second-order valence-electron chi connectivity index (χ2n) is 8.86. The maximum Gasteiger partial charge on any atom is 0.573 e. The van der Waals surface area contributed by atoms with Crippen LogP contribution in [0.15, 0.2) is 42.0 Å². The van der Waals surface area contributed by atoms with Crippen LogP contribution >= 0.6 is 0 Å². The minimum absolute atomic E-state index is 0.0855. The van der Waals surface area contributed by atoms with E-state index in [9.17, 15) is 37.5 Å². The van der Waals surface area contributed by atoms with Crippen molar-refractivity contribution in [3.8, 4) is 5.75 Å². The monoisotopic (exact) mass is 516 g/mol. The average Bonchev–Trinajstić information content (AvgIpc) is 2.90. The number of carbonyl (C=O) groups is 4. The van der Waals surface area contributed by atoms with Crippen molar-refractivity contribution in [3.63, 3.8) is 0 Å². The van der Waals surface area contributed by atoms with Gasteiger partial charge in [-0.3, -0.25) is 19.2 Å². The van der Waals surface area contributed by atoms with Gasteiger partial charge in [0, 0.05) is 32.0 Å². The summed E-state index contributed by atoms with van der Waals surface area (Å²) in [6.07, 6.45) is -4.18. The molecule has 1 fully saturated rings. The van der Waals surface area contributed by atoms with Gasteiger partial charge in [-0.05, 0) is 48.7 Å². The van der Waals surface area contributed by atoms with Gasteiger partial charge in [-0.1, -0.05) is 12.1 Å². The van der Waals surface area contributed by atoms with Crippen molar-refractivity contribution in [2.24, 2.45) is 0 Å². The summed E-state index contributed by atoms with van der Waals surface area (Å²) in [6.45, 7) is 1.16. The van der Waals surface area contributed by atoms with Gasteiger partial charge in [0.05, 0.1) is 11.3 Å². The van der Waals surface area contributed by atoms with Gasteiger partial charge in [0.2, 0.25) is 5.91 Å². The number of likely N-dealkylation sites (N-methyl/N-ethyl adjacent to an activating group) is 1. The largest absolute Gasteiger partial charge is 0.573 e. The number of alkyl halides is 3. The minimum Gasteiger partial charge on any atom is -0.506 e. The molecule has 1 heterocycles. The first-order valence-corrected chi connectivity index (χ1v) is 11.4. The Kier molecular flexibility index (Phi) is 6.81. The zero-order chi connectivity index (χ0) is 27.1. The number of amides is 2. The number of Topliss-reactive ketones (excluding diaryl/α,β-unsaturated/α-hetero) is 2. The molecule has 0 saturated heterocycles. The summed E-state index contributed by atoms with van der Waals surface area (Å²) in [4.78, 5) is 53.7. The molecule has 194 valence electrons. The summed E-state index contributed by atoms with van der Waals surface area (Å²) in [6, 6.07) is 7.85. The topological polar surface area (TPSA) is 104 Å². The number of carbonyl (C=O) groups excluding carboxylic acids is 4. The van der Waals surface area contributed by atoms with Crippen LogP contribution in [0.25, 0.3) is 5.76 Å². The van der Waals surface area contributed by atoms with Gasteiger partial charge in [-0.25, -0.2) is 0 Å². The molecular formula is C26H23F3N2O6. The molecule has 0 bridgehead atoms. The molecule has 0 unspecified atom stereocenters. The molecule has 1 aliphatic heterocycles. The highest BCUT2D eigenvalue weighted by molar-refractivity contribution is 6.26. The Morgan fingerprint density at radius 1 is 1.00 bits per heavy atom. The fourth-order valence-electron chi connectivity index (χ4n) is 4.50. The molecule has 1 N–H and O–H groups in total. The number of allylic oxidation sites excluding steroid dienone is 1. The van der Waals surface area contributed by atoms with E-state index in [1.54, 1.807) is 6.92 Å². The standard InChI is InChI=1S/C26H23F3N2O6/c1-14-17(24(35)23-19(32)4-3-5-20(23)33)10-11-18-22(14)25(36)31(13-21(34)30(18)2)12-15-6-8-16(9-7-15)37-26(27,28)29/h6-11,35H,3-5,12-13H2,1-2H3. The van der Waals surface area contributed by atoms with Crippen LogP contribution in [0.2, 0.25) is 0 Å². The smallest absolute Gasteiger partial charge is 0.506 e. The summed E-state index contributed by atoms with van der Waals surface area (Å²) < 4.78 is 41.2. The van der Waals surface area contributed by atoms with Gasteiger partial charge in [-0.2, -0.15) is 0 Å². The lowest BCUT2D eigenvalue weighted by Gasteiger charge is -2.22. The molecule has 2 amide bonds. The maximum atomic E-state index is 13.6. The molecular weight excluding hydrogens is 493 g/mol. The van der Waals surface area contributed by atoms with Crippen molar-refractivity contribution < 1.29 is 42.2 Å². The lowest BCUT2D eigenvalue weighted by Crippen LogP contribution is -2.37. The number of fused-ring (bicyclic) bond motifs is 1. The van der Waals surface area contributed by atoms with Gasteiger partial charge in [0.15, 0.2) is 11.6 Å². The van der Waals surface area contributed by atoms with E-state index in [4.69, 9.17) is 0 Å². The number of nitrogens with zero attached hydrogens (tertiary/aromatic N) is 2. The van der Waals surface area contributed by atoms with E-state index in [0.29, 0.717) is 12.0 Å². The van der Waals surface area contributed by atoms with Crippen LogP contribution in [0.4, 0.5) is 18.9 Å². The van der Waals surface area contributed by atoms with Gasteiger partial charge >= 0.3 is 6.36 Å². The molecule has 11 heteroatoms. The molecule has 0 aromatic heterocycles. The fraction of sp³-hybridized carbons (Fsp3) is 0.308. The number of halogens is 3. The second-order valence-corrected chi connectivity index (χ2v) is 8.86.